The number of methoxy groups -OCH3 is 1. The molecule has 0 aliphatic carbocycles. The highest BCUT2D eigenvalue weighted by atomic mass is 16.5. The first-order valence-corrected chi connectivity index (χ1v) is 9.70. The number of benzene rings is 1. The van der Waals surface area contributed by atoms with Crippen LogP contribution in [0.5, 0.6) is 0 Å². The predicted molar refractivity (Wildman–Crippen MR) is 104 cm³/mol. The first-order chi connectivity index (χ1) is 14.2. The van der Waals surface area contributed by atoms with E-state index in [2.05, 4.69) is 15.2 Å². The summed E-state index contributed by atoms with van der Waals surface area (Å²) in [4.78, 5) is 19.8. The van der Waals surface area contributed by atoms with E-state index >= 15 is 0 Å². The van der Waals surface area contributed by atoms with Gasteiger partial charge in [-0.3, -0.25) is 4.68 Å². The zero-order chi connectivity index (χ0) is 19.8. The minimum atomic E-state index is -0.312. The summed E-state index contributed by atoms with van der Waals surface area (Å²) in [6.45, 7) is 3.79. The lowest BCUT2D eigenvalue weighted by atomic mass is 10.1. The van der Waals surface area contributed by atoms with Crippen molar-refractivity contribution in [2.75, 3.05) is 51.4 Å². The van der Waals surface area contributed by atoms with E-state index in [0.29, 0.717) is 44.6 Å². The maximum atomic E-state index is 11.6. The van der Waals surface area contributed by atoms with Gasteiger partial charge in [0.25, 0.3) is 0 Å². The maximum Gasteiger partial charge on any atom is 0.409 e. The predicted octanol–water partition coefficient (Wildman–Crippen LogP) is 1.94. The van der Waals surface area contributed by atoms with Crippen LogP contribution < -0.4 is 4.90 Å². The third kappa shape index (κ3) is 3.29. The number of rotatable bonds is 3. The van der Waals surface area contributed by atoms with E-state index < -0.39 is 0 Å². The van der Waals surface area contributed by atoms with Crippen molar-refractivity contribution in [2.45, 2.75) is 12.5 Å². The number of anilines is 1. The average Bonchev–Trinajstić information content (AvgIpc) is 3.53. The molecule has 2 saturated heterocycles. The number of fused-ring (bicyclic) bond motifs is 1. The number of aromatic nitrogens is 4. The largest absolute Gasteiger partial charge is 0.453 e. The van der Waals surface area contributed by atoms with Crippen LogP contribution in [-0.2, 0) is 9.47 Å². The van der Waals surface area contributed by atoms with E-state index in [0.717, 1.165) is 29.5 Å². The highest BCUT2D eigenvalue weighted by Crippen LogP contribution is 2.28. The molecule has 3 aromatic rings. The van der Waals surface area contributed by atoms with Gasteiger partial charge in [0.05, 0.1) is 31.5 Å². The first-order valence-electron chi connectivity index (χ1n) is 9.70. The molecule has 1 aromatic carbocycles. The smallest absolute Gasteiger partial charge is 0.409 e. The van der Waals surface area contributed by atoms with Crippen molar-refractivity contribution in [3.63, 3.8) is 0 Å². The molecule has 2 aromatic heterocycles. The maximum absolute atomic E-state index is 11.6. The minimum Gasteiger partial charge on any atom is -0.453 e. The Morgan fingerprint density at radius 2 is 2.10 bits per heavy atom. The Morgan fingerprint density at radius 1 is 1.24 bits per heavy atom. The summed E-state index contributed by atoms with van der Waals surface area (Å²) in [6.07, 6.45) is 2.53. The van der Waals surface area contributed by atoms with Gasteiger partial charge in [0.1, 0.15) is 0 Å². The lowest BCUT2D eigenvalue weighted by molar-refractivity contribution is 0.120. The molecule has 29 heavy (non-hydrogen) atoms. The van der Waals surface area contributed by atoms with Crippen LogP contribution in [0.3, 0.4) is 0 Å². The lowest BCUT2D eigenvalue weighted by Gasteiger charge is -2.32. The van der Waals surface area contributed by atoms with Gasteiger partial charge < -0.3 is 23.8 Å². The second-order valence-electron chi connectivity index (χ2n) is 7.22. The van der Waals surface area contributed by atoms with Gasteiger partial charge in [0, 0.05) is 43.7 Å². The molecule has 152 valence electrons. The molecule has 1 unspecified atom stereocenters. The SMILES string of the molecule is COC(=O)N1CCN(c2nc(-c3ccc4cnn(C5CCOC5)c4c3)no2)CC1. The molecule has 0 radical (unpaired) electrons. The van der Waals surface area contributed by atoms with Crippen LogP contribution in [0.15, 0.2) is 28.9 Å². The van der Waals surface area contributed by atoms with E-state index in [4.69, 9.17) is 14.0 Å². The van der Waals surface area contributed by atoms with Crippen molar-refractivity contribution >= 4 is 23.0 Å². The standard InChI is InChI=1S/C19H22N6O4/c1-27-19(26)24-7-5-23(6-8-24)18-21-17(22-29-18)13-2-3-14-11-20-25(16(14)10-13)15-4-9-28-12-15/h2-3,10-11,15H,4-9,12H2,1H3. The van der Waals surface area contributed by atoms with Gasteiger partial charge in [-0.05, 0) is 12.5 Å². The Labute approximate surface area is 167 Å². The molecule has 4 heterocycles. The molecule has 2 aliphatic heterocycles. The van der Waals surface area contributed by atoms with Gasteiger partial charge in [-0.1, -0.05) is 17.3 Å². The molecule has 10 nitrogen and oxygen atoms in total. The number of hydrogen-bond donors (Lipinski definition) is 0. The highest BCUT2D eigenvalue weighted by molar-refractivity contribution is 5.83. The van der Waals surface area contributed by atoms with Crippen molar-refractivity contribution in [2.24, 2.45) is 0 Å². The van der Waals surface area contributed by atoms with Crippen molar-refractivity contribution in [1.82, 2.24) is 24.8 Å². The molecule has 2 fully saturated rings. The summed E-state index contributed by atoms with van der Waals surface area (Å²) < 4.78 is 17.8. The van der Waals surface area contributed by atoms with Crippen molar-refractivity contribution in [1.29, 1.82) is 0 Å². The molecule has 1 amide bonds. The summed E-state index contributed by atoms with van der Waals surface area (Å²) >= 11 is 0. The van der Waals surface area contributed by atoms with Crippen molar-refractivity contribution < 1.29 is 18.8 Å². The van der Waals surface area contributed by atoms with E-state index in [1.54, 1.807) is 4.90 Å². The first kappa shape index (κ1) is 17.9. The van der Waals surface area contributed by atoms with Gasteiger partial charge in [0.2, 0.25) is 5.82 Å². The number of carbonyl (C=O) groups is 1. The summed E-state index contributed by atoms with van der Waals surface area (Å²) in [5.41, 5.74) is 1.91. The third-order valence-electron chi connectivity index (χ3n) is 5.51. The number of piperazine rings is 1. The molecule has 5 rings (SSSR count). The van der Waals surface area contributed by atoms with Gasteiger partial charge in [0.15, 0.2) is 0 Å². The van der Waals surface area contributed by atoms with Crippen molar-refractivity contribution in [3.05, 3.63) is 24.4 Å². The van der Waals surface area contributed by atoms with Crippen LogP contribution in [0.25, 0.3) is 22.3 Å². The van der Waals surface area contributed by atoms with Crippen LogP contribution in [0.1, 0.15) is 12.5 Å². The topological polar surface area (TPSA) is 98.8 Å². The summed E-state index contributed by atoms with van der Waals surface area (Å²) in [5.74, 6) is 0.535. The quantitative estimate of drug-likeness (QED) is 0.660. The fourth-order valence-electron chi connectivity index (χ4n) is 3.85. The Hall–Kier alpha value is -3.14. The van der Waals surface area contributed by atoms with E-state index in [1.165, 1.54) is 7.11 Å². The normalized spacial score (nSPS) is 19.8. The highest BCUT2D eigenvalue weighted by Gasteiger charge is 2.25. The van der Waals surface area contributed by atoms with Crippen LogP contribution in [0.4, 0.5) is 10.8 Å². The summed E-state index contributed by atoms with van der Waals surface area (Å²) in [7, 11) is 1.39. The molecular formula is C19H22N6O4. The Kier molecular flexibility index (Phi) is 4.55. The summed E-state index contributed by atoms with van der Waals surface area (Å²) in [5, 5.41) is 9.78. The molecule has 0 bridgehead atoms. The monoisotopic (exact) mass is 398 g/mol. The van der Waals surface area contributed by atoms with Crippen LogP contribution in [0, 0.1) is 0 Å². The Bertz CT molecular complexity index is 1020. The number of nitrogens with zero attached hydrogens (tertiary/aromatic N) is 6. The molecule has 2 aliphatic rings. The second kappa shape index (κ2) is 7.36. The molecule has 1 atom stereocenters. The lowest BCUT2D eigenvalue weighted by Crippen LogP contribution is -2.48. The third-order valence-corrected chi connectivity index (χ3v) is 5.51. The van der Waals surface area contributed by atoms with Crippen LogP contribution in [-0.4, -0.2) is 77.4 Å². The zero-order valence-electron chi connectivity index (χ0n) is 16.2. The number of carbonyl (C=O) groups excluding carboxylic acids is 1. The fourth-order valence-corrected chi connectivity index (χ4v) is 3.85. The number of ether oxygens (including phenoxy) is 2. The van der Waals surface area contributed by atoms with Crippen LogP contribution >= 0.6 is 0 Å². The fraction of sp³-hybridized carbons (Fsp3) is 0.474. The van der Waals surface area contributed by atoms with Gasteiger partial charge in [-0.25, -0.2) is 4.79 Å². The van der Waals surface area contributed by atoms with E-state index in [-0.39, 0.29) is 12.1 Å². The van der Waals surface area contributed by atoms with Crippen LogP contribution in [0.2, 0.25) is 0 Å². The van der Waals surface area contributed by atoms with Gasteiger partial charge >= 0.3 is 12.1 Å². The molecular weight excluding hydrogens is 376 g/mol. The zero-order valence-corrected chi connectivity index (χ0v) is 16.2. The van der Waals surface area contributed by atoms with E-state index in [1.807, 2.05) is 34.0 Å². The van der Waals surface area contributed by atoms with Gasteiger partial charge in [-0.2, -0.15) is 10.1 Å². The molecule has 0 N–H and O–H groups in total. The Morgan fingerprint density at radius 3 is 2.86 bits per heavy atom. The molecule has 10 heteroatoms. The Balaban J connectivity index is 1.36. The van der Waals surface area contributed by atoms with Gasteiger partial charge in [-0.15, -0.1) is 0 Å². The molecule has 0 saturated carbocycles. The van der Waals surface area contributed by atoms with E-state index in [9.17, 15) is 4.79 Å². The molecule has 0 spiro atoms. The number of amides is 1. The average molecular weight is 398 g/mol. The number of hydrogen-bond acceptors (Lipinski definition) is 8. The summed E-state index contributed by atoms with van der Waals surface area (Å²) in [6, 6.07) is 6.76. The second-order valence-corrected chi connectivity index (χ2v) is 7.22. The minimum absolute atomic E-state index is 0.259. The van der Waals surface area contributed by atoms with Crippen molar-refractivity contribution in [3.8, 4) is 11.4 Å².